The summed E-state index contributed by atoms with van der Waals surface area (Å²) in [6.45, 7) is 0.937. The normalized spacial score (nSPS) is 10.9. The lowest BCUT2D eigenvalue weighted by molar-refractivity contribution is 0.0945. The van der Waals surface area contributed by atoms with Crippen LogP contribution in [0.2, 0.25) is 0 Å². The molecule has 29 heavy (non-hydrogen) atoms. The molecule has 4 rings (SSSR count). The SMILES string of the molecule is Nc1ccc2c(c1)cc(C(=O)NCCc1ccccn1)n2Cc1ccc(F)cc1. The monoisotopic (exact) mass is 388 g/mol. The van der Waals surface area contributed by atoms with Crippen LogP contribution in [0.25, 0.3) is 10.9 Å². The van der Waals surface area contributed by atoms with Crippen molar-refractivity contribution in [1.82, 2.24) is 14.9 Å². The lowest BCUT2D eigenvalue weighted by atomic mass is 10.2. The van der Waals surface area contributed by atoms with E-state index < -0.39 is 0 Å². The number of nitrogen functional groups attached to an aromatic ring is 1. The standard InChI is InChI=1S/C23H21FN4O/c24-18-6-4-16(5-7-18)15-28-21-9-8-19(25)13-17(21)14-22(28)23(29)27-12-10-20-3-1-2-11-26-20/h1-9,11,13-14H,10,12,15,25H2,(H,27,29). The number of halogens is 1. The molecule has 1 amide bonds. The fourth-order valence-corrected chi connectivity index (χ4v) is 3.36. The summed E-state index contributed by atoms with van der Waals surface area (Å²) in [6, 6.07) is 19.4. The molecule has 2 aromatic carbocycles. The third-order valence-electron chi connectivity index (χ3n) is 4.80. The van der Waals surface area contributed by atoms with Gasteiger partial charge in [0.1, 0.15) is 11.5 Å². The van der Waals surface area contributed by atoms with Crippen molar-refractivity contribution >= 4 is 22.5 Å². The number of carbonyl (C=O) groups excluding carboxylic acids is 1. The molecule has 0 saturated carbocycles. The van der Waals surface area contributed by atoms with Crippen molar-refractivity contribution in [2.24, 2.45) is 0 Å². The van der Waals surface area contributed by atoms with Gasteiger partial charge in [0.05, 0.1) is 0 Å². The molecule has 0 spiro atoms. The molecular weight excluding hydrogens is 367 g/mol. The minimum absolute atomic E-state index is 0.169. The molecule has 0 aliphatic heterocycles. The minimum atomic E-state index is -0.286. The second kappa shape index (κ2) is 8.14. The average molecular weight is 388 g/mol. The molecule has 2 heterocycles. The number of hydrogen-bond donors (Lipinski definition) is 2. The van der Waals surface area contributed by atoms with E-state index in [0.717, 1.165) is 22.2 Å². The fourth-order valence-electron chi connectivity index (χ4n) is 3.36. The van der Waals surface area contributed by atoms with Gasteiger partial charge in [-0.25, -0.2) is 4.39 Å². The molecule has 3 N–H and O–H groups in total. The van der Waals surface area contributed by atoms with Crippen molar-refractivity contribution in [3.63, 3.8) is 0 Å². The van der Waals surface area contributed by atoms with Crippen molar-refractivity contribution in [1.29, 1.82) is 0 Å². The zero-order chi connectivity index (χ0) is 20.2. The topological polar surface area (TPSA) is 72.9 Å². The van der Waals surface area contributed by atoms with E-state index in [-0.39, 0.29) is 11.7 Å². The van der Waals surface area contributed by atoms with Crippen LogP contribution in [-0.4, -0.2) is 22.0 Å². The van der Waals surface area contributed by atoms with Gasteiger partial charge in [-0.15, -0.1) is 0 Å². The Morgan fingerprint density at radius 3 is 2.66 bits per heavy atom. The van der Waals surface area contributed by atoms with Crippen molar-refractivity contribution in [2.75, 3.05) is 12.3 Å². The Bertz CT molecular complexity index is 1140. The van der Waals surface area contributed by atoms with Crippen LogP contribution in [0.4, 0.5) is 10.1 Å². The van der Waals surface area contributed by atoms with Crippen LogP contribution >= 0.6 is 0 Å². The third kappa shape index (κ3) is 4.27. The Labute approximate surface area is 168 Å². The molecule has 0 bridgehead atoms. The van der Waals surface area contributed by atoms with E-state index in [1.54, 1.807) is 18.3 Å². The molecule has 6 heteroatoms. The van der Waals surface area contributed by atoms with E-state index in [4.69, 9.17) is 5.73 Å². The number of nitrogens with one attached hydrogen (secondary N) is 1. The van der Waals surface area contributed by atoms with Gasteiger partial charge >= 0.3 is 0 Å². The number of nitrogens with two attached hydrogens (primary N) is 1. The molecule has 146 valence electrons. The van der Waals surface area contributed by atoms with Gasteiger partial charge in [-0.3, -0.25) is 9.78 Å². The lowest BCUT2D eigenvalue weighted by Crippen LogP contribution is -2.28. The molecule has 0 atom stereocenters. The van der Waals surface area contributed by atoms with Crippen molar-refractivity contribution in [2.45, 2.75) is 13.0 Å². The number of carbonyl (C=O) groups is 1. The Balaban J connectivity index is 1.59. The number of aromatic nitrogens is 2. The second-order valence-electron chi connectivity index (χ2n) is 6.89. The van der Waals surface area contributed by atoms with Crippen molar-refractivity contribution < 1.29 is 9.18 Å². The van der Waals surface area contributed by atoms with E-state index >= 15 is 0 Å². The van der Waals surface area contributed by atoms with Crippen LogP contribution in [0, 0.1) is 5.82 Å². The molecule has 0 aliphatic rings. The summed E-state index contributed by atoms with van der Waals surface area (Å²) >= 11 is 0. The van der Waals surface area contributed by atoms with E-state index in [1.165, 1.54) is 12.1 Å². The highest BCUT2D eigenvalue weighted by Gasteiger charge is 2.16. The predicted molar refractivity (Wildman–Crippen MR) is 112 cm³/mol. The molecule has 4 aromatic rings. The highest BCUT2D eigenvalue weighted by atomic mass is 19.1. The minimum Gasteiger partial charge on any atom is -0.399 e. The summed E-state index contributed by atoms with van der Waals surface area (Å²) in [7, 11) is 0. The highest BCUT2D eigenvalue weighted by molar-refractivity contribution is 5.99. The number of hydrogen-bond acceptors (Lipinski definition) is 3. The molecular formula is C23H21FN4O. The van der Waals surface area contributed by atoms with Crippen molar-refractivity contribution in [3.05, 3.63) is 95.7 Å². The maximum atomic E-state index is 13.3. The number of benzene rings is 2. The van der Waals surface area contributed by atoms with Gasteiger partial charge < -0.3 is 15.6 Å². The Morgan fingerprint density at radius 2 is 1.90 bits per heavy atom. The first-order valence-electron chi connectivity index (χ1n) is 9.41. The first kappa shape index (κ1) is 18.7. The summed E-state index contributed by atoms with van der Waals surface area (Å²) in [5.74, 6) is -0.454. The predicted octanol–water partition coefficient (Wildman–Crippen LogP) is 3.78. The van der Waals surface area contributed by atoms with Crippen molar-refractivity contribution in [3.8, 4) is 0 Å². The molecule has 0 fully saturated rings. The summed E-state index contributed by atoms with van der Waals surface area (Å²) in [5, 5.41) is 3.86. The maximum absolute atomic E-state index is 13.3. The number of pyridine rings is 1. The van der Waals surface area contributed by atoms with Crippen LogP contribution in [0.3, 0.4) is 0 Å². The van der Waals surface area contributed by atoms with Crippen LogP contribution in [0.5, 0.6) is 0 Å². The zero-order valence-corrected chi connectivity index (χ0v) is 15.8. The Morgan fingerprint density at radius 1 is 1.07 bits per heavy atom. The van der Waals surface area contributed by atoms with Crippen LogP contribution in [0.1, 0.15) is 21.7 Å². The highest BCUT2D eigenvalue weighted by Crippen LogP contribution is 2.24. The van der Waals surface area contributed by atoms with Gasteiger partial charge in [0.2, 0.25) is 0 Å². The Hall–Kier alpha value is -3.67. The number of amides is 1. The first-order chi connectivity index (χ1) is 14.1. The maximum Gasteiger partial charge on any atom is 0.267 e. The largest absolute Gasteiger partial charge is 0.399 e. The molecule has 0 saturated heterocycles. The van der Waals surface area contributed by atoms with Gasteiger partial charge in [-0.1, -0.05) is 18.2 Å². The van der Waals surface area contributed by atoms with E-state index in [1.807, 2.05) is 47.0 Å². The average Bonchev–Trinajstić information content (AvgIpc) is 3.08. The molecule has 0 radical (unpaired) electrons. The second-order valence-corrected chi connectivity index (χ2v) is 6.89. The summed E-state index contributed by atoms with van der Waals surface area (Å²) < 4.78 is 15.2. The molecule has 2 aromatic heterocycles. The molecule has 5 nitrogen and oxygen atoms in total. The van der Waals surface area contributed by atoms with Crippen LogP contribution in [0.15, 0.2) is 72.9 Å². The Kier molecular flexibility index (Phi) is 5.24. The fraction of sp³-hybridized carbons (Fsp3) is 0.130. The third-order valence-corrected chi connectivity index (χ3v) is 4.80. The molecule has 0 aliphatic carbocycles. The van der Waals surface area contributed by atoms with Crippen LogP contribution in [-0.2, 0) is 13.0 Å². The number of rotatable bonds is 6. The zero-order valence-electron chi connectivity index (χ0n) is 15.8. The summed E-state index contributed by atoms with van der Waals surface area (Å²) in [6.07, 6.45) is 2.39. The summed E-state index contributed by atoms with van der Waals surface area (Å²) in [4.78, 5) is 17.2. The van der Waals surface area contributed by atoms with Gasteiger partial charge in [0.25, 0.3) is 5.91 Å². The van der Waals surface area contributed by atoms with Gasteiger partial charge in [0.15, 0.2) is 0 Å². The van der Waals surface area contributed by atoms with Gasteiger partial charge in [-0.05, 0) is 54.1 Å². The number of nitrogens with zero attached hydrogens (tertiary/aromatic N) is 2. The quantitative estimate of drug-likeness (QED) is 0.494. The van der Waals surface area contributed by atoms with E-state index in [2.05, 4.69) is 10.3 Å². The van der Waals surface area contributed by atoms with Gasteiger partial charge in [0, 0.05) is 48.0 Å². The lowest BCUT2D eigenvalue weighted by Gasteiger charge is -2.12. The van der Waals surface area contributed by atoms with Crippen LogP contribution < -0.4 is 11.1 Å². The smallest absolute Gasteiger partial charge is 0.267 e. The van der Waals surface area contributed by atoms with Gasteiger partial charge in [-0.2, -0.15) is 0 Å². The first-order valence-corrected chi connectivity index (χ1v) is 9.41. The molecule has 0 unspecified atom stereocenters. The van der Waals surface area contributed by atoms with E-state index in [9.17, 15) is 9.18 Å². The number of fused-ring (bicyclic) bond motifs is 1. The number of anilines is 1. The summed E-state index contributed by atoms with van der Waals surface area (Å²) in [5.41, 5.74) is 9.82. The van der Waals surface area contributed by atoms with E-state index in [0.29, 0.717) is 30.9 Å².